The maximum Gasteiger partial charge on any atom is 0.270 e. The maximum absolute atomic E-state index is 12.4. The Morgan fingerprint density at radius 1 is 1.00 bits per heavy atom. The summed E-state index contributed by atoms with van der Waals surface area (Å²) in [4.78, 5) is 16.6. The van der Waals surface area contributed by atoms with Gasteiger partial charge in [0.1, 0.15) is 11.4 Å². The minimum atomic E-state index is -0.200. The molecule has 26 heavy (non-hydrogen) atoms. The topological polar surface area (TPSA) is 63.2 Å². The summed E-state index contributed by atoms with van der Waals surface area (Å²) in [5, 5.41) is 6.20. The Bertz CT molecular complexity index is 864. The lowest BCUT2D eigenvalue weighted by Crippen LogP contribution is -2.27. The van der Waals surface area contributed by atoms with Crippen LogP contribution in [0.1, 0.15) is 29.0 Å². The number of anilines is 2. The normalized spacial score (nSPS) is 11.5. The molecule has 0 aliphatic heterocycles. The lowest BCUT2D eigenvalue weighted by atomic mass is 10.1. The molecule has 0 aliphatic carbocycles. The molecule has 2 N–H and O–H groups in total. The molecule has 0 aliphatic rings. The first-order chi connectivity index (χ1) is 12.7. The van der Waals surface area contributed by atoms with E-state index in [1.54, 1.807) is 19.4 Å². The maximum atomic E-state index is 12.4. The molecular formula is C21H21N3O2. The molecule has 132 valence electrons. The van der Waals surface area contributed by atoms with Gasteiger partial charge in [0.05, 0.1) is 25.0 Å². The number of nitrogens with one attached hydrogen (secondary N) is 2. The van der Waals surface area contributed by atoms with Gasteiger partial charge in [-0.05, 0) is 36.8 Å². The van der Waals surface area contributed by atoms with Crippen LogP contribution in [0.4, 0.5) is 11.4 Å². The first kappa shape index (κ1) is 17.5. The summed E-state index contributed by atoms with van der Waals surface area (Å²) in [6, 6.07) is 20.9. The molecule has 1 heterocycles. The van der Waals surface area contributed by atoms with Crippen LogP contribution >= 0.6 is 0 Å². The van der Waals surface area contributed by atoms with Crippen LogP contribution < -0.4 is 15.4 Å². The lowest BCUT2D eigenvalue weighted by molar-refractivity contribution is 0.0935. The van der Waals surface area contributed by atoms with Crippen molar-refractivity contribution in [1.82, 2.24) is 10.3 Å². The molecule has 1 atom stereocenters. The molecule has 0 bridgehead atoms. The van der Waals surface area contributed by atoms with E-state index in [9.17, 15) is 4.79 Å². The Balaban J connectivity index is 1.64. The molecule has 3 aromatic rings. The summed E-state index contributed by atoms with van der Waals surface area (Å²) in [6.07, 6.45) is 1.64. The second-order valence-corrected chi connectivity index (χ2v) is 5.89. The highest BCUT2D eigenvalue weighted by molar-refractivity contribution is 5.92. The zero-order chi connectivity index (χ0) is 18.4. The standard InChI is InChI=1S/C21H21N3O2/c1-15(16-7-4-3-5-8-16)23-21(25)20-12-11-18(14-22-20)24-17-9-6-10-19(13-17)26-2/h3-15,24H,1-2H3,(H,23,25). The van der Waals surface area contributed by atoms with Crippen LogP contribution in [0.25, 0.3) is 0 Å². The Labute approximate surface area is 153 Å². The van der Waals surface area contributed by atoms with Crippen molar-refractivity contribution in [1.29, 1.82) is 0 Å². The third-order valence-corrected chi connectivity index (χ3v) is 4.00. The van der Waals surface area contributed by atoms with Crippen molar-refractivity contribution in [2.24, 2.45) is 0 Å². The number of hydrogen-bond donors (Lipinski definition) is 2. The number of carbonyl (C=O) groups is 1. The average molecular weight is 347 g/mol. The molecule has 3 rings (SSSR count). The Hall–Kier alpha value is -3.34. The third-order valence-electron chi connectivity index (χ3n) is 4.00. The predicted octanol–water partition coefficient (Wildman–Crippen LogP) is 4.32. The average Bonchev–Trinajstić information content (AvgIpc) is 2.69. The van der Waals surface area contributed by atoms with Crippen molar-refractivity contribution < 1.29 is 9.53 Å². The zero-order valence-corrected chi connectivity index (χ0v) is 14.8. The third kappa shape index (κ3) is 4.39. The van der Waals surface area contributed by atoms with Gasteiger partial charge in [-0.25, -0.2) is 4.98 Å². The van der Waals surface area contributed by atoms with Crippen LogP contribution in [0, 0.1) is 0 Å². The molecule has 5 heteroatoms. The van der Waals surface area contributed by atoms with E-state index in [1.807, 2.05) is 67.6 Å². The number of amides is 1. The van der Waals surface area contributed by atoms with Gasteiger partial charge in [-0.15, -0.1) is 0 Å². The summed E-state index contributed by atoms with van der Waals surface area (Å²) in [5.41, 5.74) is 3.12. The lowest BCUT2D eigenvalue weighted by Gasteiger charge is -2.14. The van der Waals surface area contributed by atoms with Crippen molar-refractivity contribution in [2.45, 2.75) is 13.0 Å². The minimum absolute atomic E-state index is 0.0833. The van der Waals surface area contributed by atoms with Gasteiger partial charge in [-0.1, -0.05) is 36.4 Å². The SMILES string of the molecule is COc1cccc(Nc2ccc(C(=O)NC(C)c3ccccc3)nc2)c1. The second-order valence-electron chi connectivity index (χ2n) is 5.89. The van der Waals surface area contributed by atoms with Crippen LogP contribution in [0.5, 0.6) is 5.75 Å². The van der Waals surface area contributed by atoms with E-state index in [0.717, 1.165) is 22.7 Å². The first-order valence-corrected chi connectivity index (χ1v) is 8.38. The summed E-state index contributed by atoms with van der Waals surface area (Å²) in [6.45, 7) is 1.95. The van der Waals surface area contributed by atoms with Gasteiger partial charge in [0.25, 0.3) is 5.91 Å². The monoisotopic (exact) mass is 347 g/mol. The van der Waals surface area contributed by atoms with E-state index in [2.05, 4.69) is 15.6 Å². The number of ether oxygens (including phenoxy) is 1. The van der Waals surface area contributed by atoms with E-state index < -0.39 is 0 Å². The van der Waals surface area contributed by atoms with E-state index >= 15 is 0 Å². The van der Waals surface area contributed by atoms with E-state index in [1.165, 1.54) is 0 Å². The van der Waals surface area contributed by atoms with Gasteiger partial charge in [0.2, 0.25) is 0 Å². The number of methoxy groups -OCH3 is 1. The molecule has 1 amide bonds. The van der Waals surface area contributed by atoms with Crippen LogP contribution in [0.15, 0.2) is 72.9 Å². The van der Waals surface area contributed by atoms with E-state index in [4.69, 9.17) is 4.74 Å². The fourth-order valence-electron chi connectivity index (χ4n) is 2.57. The number of nitrogens with zero attached hydrogens (tertiary/aromatic N) is 1. The van der Waals surface area contributed by atoms with Crippen molar-refractivity contribution in [3.05, 3.63) is 84.2 Å². The molecule has 0 spiro atoms. The fraction of sp³-hybridized carbons (Fsp3) is 0.143. The quantitative estimate of drug-likeness (QED) is 0.697. The predicted molar refractivity (Wildman–Crippen MR) is 103 cm³/mol. The summed E-state index contributed by atoms with van der Waals surface area (Å²) < 4.78 is 5.21. The van der Waals surface area contributed by atoms with Gasteiger partial charge in [0, 0.05) is 11.8 Å². The van der Waals surface area contributed by atoms with E-state index in [-0.39, 0.29) is 11.9 Å². The smallest absolute Gasteiger partial charge is 0.270 e. The van der Waals surface area contributed by atoms with Gasteiger partial charge in [0.15, 0.2) is 0 Å². The van der Waals surface area contributed by atoms with Gasteiger partial charge < -0.3 is 15.4 Å². The molecule has 1 unspecified atom stereocenters. The number of aromatic nitrogens is 1. The minimum Gasteiger partial charge on any atom is -0.497 e. The number of rotatable bonds is 6. The molecule has 0 radical (unpaired) electrons. The number of pyridine rings is 1. The van der Waals surface area contributed by atoms with Crippen molar-refractivity contribution in [2.75, 3.05) is 12.4 Å². The van der Waals surface area contributed by atoms with Crippen molar-refractivity contribution in [3.8, 4) is 5.75 Å². The molecule has 2 aromatic carbocycles. The highest BCUT2D eigenvalue weighted by atomic mass is 16.5. The van der Waals surface area contributed by atoms with Crippen LogP contribution in [-0.4, -0.2) is 18.0 Å². The summed E-state index contributed by atoms with van der Waals surface area (Å²) in [5.74, 6) is 0.572. The van der Waals surface area contributed by atoms with Gasteiger partial charge in [-0.3, -0.25) is 4.79 Å². The Kier molecular flexibility index (Phi) is 5.49. The van der Waals surface area contributed by atoms with Crippen molar-refractivity contribution >= 4 is 17.3 Å². The zero-order valence-electron chi connectivity index (χ0n) is 14.8. The molecular weight excluding hydrogens is 326 g/mol. The number of benzene rings is 2. The van der Waals surface area contributed by atoms with Crippen LogP contribution in [-0.2, 0) is 0 Å². The van der Waals surface area contributed by atoms with Gasteiger partial charge >= 0.3 is 0 Å². The molecule has 5 nitrogen and oxygen atoms in total. The molecule has 0 saturated carbocycles. The summed E-state index contributed by atoms with van der Waals surface area (Å²) >= 11 is 0. The second kappa shape index (κ2) is 8.16. The number of hydrogen-bond acceptors (Lipinski definition) is 4. The number of carbonyl (C=O) groups excluding carboxylic acids is 1. The molecule has 0 fully saturated rings. The first-order valence-electron chi connectivity index (χ1n) is 8.38. The Morgan fingerprint density at radius 2 is 1.81 bits per heavy atom. The van der Waals surface area contributed by atoms with Crippen LogP contribution in [0.3, 0.4) is 0 Å². The highest BCUT2D eigenvalue weighted by Gasteiger charge is 2.12. The summed E-state index contributed by atoms with van der Waals surface area (Å²) in [7, 11) is 1.63. The van der Waals surface area contributed by atoms with E-state index in [0.29, 0.717) is 5.69 Å². The Morgan fingerprint density at radius 3 is 2.50 bits per heavy atom. The molecule has 1 aromatic heterocycles. The largest absolute Gasteiger partial charge is 0.497 e. The van der Waals surface area contributed by atoms with Gasteiger partial charge in [-0.2, -0.15) is 0 Å². The van der Waals surface area contributed by atoms with Crippen molar-refractivity contribution in [3.63, 3.8) is 0 Å². The molecule has 0 saturated heterocycles. The highest BCUT2D eigenvalue weighted by Crippen LogP contribution is 2.21. The fourth-order valence-corrected chi connectivity index (χ4v) is 2.57. The van der Waals surface area contributed by atoms with Crippen LogP contribution in [0.2, 0.25) is 0 Å².